The normalized spacial score (nSPS) is 26.1. The smallest absolute Gasteiger partial charge is 0.410 e. The van der Waals surface area contributed by atoms with E-state index in [1.54, 1.807) is 17.9 Å². The molecule has 0 radical (unpaired) electrons. The highest BCUT2D eigenvalue weighted by Gasteiger charge is 2.35. The van der Waals surface area contributed by atoms with Gasteiger partial charge in [0, 0.05) is 23.7 Å². The van der Waals surface area contributed by atoms with Crippen LogP contribution in [0.25, 0.3) is 0 Å². The van der Waals surface area contributed by atoms with Crippen LogP contribution in [0, 0.1) is 6.92 Å². The number of nitrogens with zero attached hydrogens (tertiary/aromatic N) is 3. The molecule has 10 nitrogen and oxygen atoms in total. The Morgan fingerprint density at radius 2 is 2.03 bits per heavy atom. The van der Waals surface area contributed by atoms with Gasteiger partial charge in [0.25, 0.3) is 0 Å². The van der Waals surface area contributed by atoms with E-state index >= 15 is 0 Å². The average Bonchev–Trinajstić information content (AvgIpc) is 3.43. The molecule has 4 rings (SSSR count). The number of rotatable bonds is 5. The van der Waals surface area contributed by atoms with Crippen LogP contribution in [0.5, 0.6) is 0 Å². The molecule has 2 aromatic rings. The molecule has 31 heavy (non-hydrogen) atoms. The summed E-state index contributed by atoms with van der Waals surface area (Å²) < 4.78 is 16.3. The molecule has 1 saturated heterocycles. The first-order valence-corrected chi connectivity index (χ1v) is 10.7. The highest BCUT2D eigenvalue weighted by atomic mass is 16.6. The van der Waals surface area contributed by atoms with E-state index in [-0.39, 0.29) is 42.5 Å². The zero-order valence-electron chi connectivity index (χ0n) is 18.1. The van der Waals surface area contributed by atoms with Crippen molar-refractivity contribution in [2.45, 2.75) is 70.6 Å². The van der Waals surface area contributed by atoms with Gasteiger partial charge in [0.1, 0.15) is 11.9 Å². The van der Waals surface area contributed by atoms with Crippen molar-refractivity contribution >= 4 is 17.8 Å². The number of morpholine rings is 1. The van der Waals surface area contributed by atoms with E-state index in [1.807, 2.05) is 19.9 Å². The van der Waals surface area contributed by atoms with E-state index in [9.17, 15) is 9.59 Å². The van der Waals surface area contributed by atoms with E-state index in [4.69, 9.17) is 14.0 Å². The van der Waals surface area contributed by atoms with E-state index in [2.05, 4.69) is 20.7 Å². The lowest BCUT2D eigenvalue weighted by Gasteiger charge is -2.38. The number of aryl methyl sites for hydroxylation is 1. The van der Waals surface area contributed by atoms with Gasteiger partial charge in [0.05, 0.1) is 37.4 Å². The van der Waals surface area contributed by atoms with Crippen molar-refractivity contribution in [2.24, 2.45) is 0 Å². The largest absolute Gasteiger partial charge is 0.446 e. The van der Waals surface area contributed by atoms with Gasteiger partial charge in [-0.2, -0.15) is 5.10 Å². The van der Waals surface area contributed by atoms with E-state index < -0.39 is 0 Å². The van der Waals surface area contributed by atoms with Gasteiger partial charge in [0.2, 0.25) is 5.91 Å². The van der Waals surface area contributed by atoms with E-state index in [1.165, 1.54) is 0 Å². The summed E-state index contributed by atoms with van der Waals surface area (Å²) in [7, 11) is 0. The quantitative estimate of drug-likeness (QED) is 0.746. The summed E-state index contributed by atoms with van der Waals surface area (Å²) in [5.74, 6) is 0.955. The van der Waals surface area contributed by atoms with Gasteiger partial charge in [0.15, 0.2) is 5.82 Å². The standard InChI is InChI=1S/C21H29N5O5/c1-12-6-17(31-25-12)8-20(27)22-19-9-18(23-24-19)15-4-5-16(7-15)30-21(28)26-13(2)10-29-11-14(26)3/h6,9,13-16H,4-5,7-8,10-11H2,1-3H3,(H2,22,23,24,27)/t13-,14-,15-,16+/m0/s1. The first kappa shape index (κ1) is 21.4. The minimum atomic E-state index is -0.269. The Hall–Kier alpha value is -2.88. The predicted molar refractivity (Wildman–Crippen MR) is 111 cm³/mol. The molecule has 2 fully saturated rings. The second-order valence-electron chi connectivity index (χ2n) is 8.53. The number of amides is 2. The van der Waals surface area contributed by atoms with Gasteiger partial charge in [-0.05, 0) is 40.0 Å². The highest BCUT2D eigenvalue weighted by molar-refractivity contribution is 5.91. The number of carbonyl (C=O) groups is 2. The summed E-state index contributed by atoms with van der Waals surface area (Å²) >= 11 is 0. The molecule has 1 aliphatic heterocycles. The molecular formula is C21H29N5O5. The summed E-state index contributed by atoms with van der Waals surface area (Å²) in [6, 6.07) is 3.58. The zero-order valence-corrected chi connectivity index (χ0v) is 18.1. The van der Waals surface area contributed by atoms with Crippen LogP contribution in [0.1, 0.15) is 56.2 Å². The molecule has 2 aliphatic rings. The van der Waals surface area contributed by atoms with E-state index in [0.29, 0.717) is 24.8 Å². The number of carbonyl (C=O) groups excluding carboxylic acids is 2. The number of hydrogen-bond acceptors (Lipinski definition) is 7. The number of anilines is 1. The summed E-state index contributed by atoms with van der Waals surface area (Å²) in [4.78, 5) is 26.6. The summed E-state index contributed by atoms with van der Waals surface area (Å²) in [6.45, 7) is 6.81. The first-order chi connectivity index (χ1) is 14.9. The summed E-state index contributed by atoms with van der Waals surface area (Å²) in [5.41, 5.74) is 1.66. The Bertz CT molecular complexity index is 915. The van der Waals surface area contributed by atoms with E-state index in [0.717, 1.165) is 30.7 Å². The second kappa shape index (κ2) is 9.09. The maximum absolute atomic E-state index is 12.7. The van der Waals surface area contributed by atoms with Crippen LogP contribution >= 0.6 is 0 Å². The lowest BCUT2D eigenvalue weighted by atomic mass is 10.0. The number of ether oxygens (including phenoxy) is 2. The van der Waals surface area contributed by atoms with Crippen molar-refractivity contribution in [3.63, 3.8) is 0 Å². The Morgan fingerprint density at radius 3 is 2.74 bits per heavy atom. The van der Waals surface area contributed by atoms with Crippen molar-refractivity contribution in [3.05, 3.63) is 29.3 Å². The molecule has 0 unspecified atom stereocenters. The van der Waals surface area contributed by atoms with Crippen molar-refractivity contribution < 1.29 is 23.6 Å². The van der Waals surface area contributed by atoms with Crippen molar-refractivity contribution in [1.82, 2.24) is 20.3 Å². The molecule has 3 heterocycles. The molecule has 1 saturated carbocycles. The van der Waals surface area contributed by atoms with Crippen LogP contribution in [0.3, 0.4) is 0 Å². The number of aromatic nitrogens is 3. The van der Waals surface area contributed by atoms with Gasteiger partial charge in [-0.15, -0.1) is 0 Å². The fourth-order valence-electron chi connectivity index (χ4n) is 4.35. The third-order valence-corrected chi connectivity index (χ3v) is 5.85. The molecule has 2 aromatic heterocycles. The Morgan fingerprint density at radius 1 is 1.26 bits per heavy atom. The molecule has 0 aromatic carbocycles. The highest BCUT2D eigenvalue weighted by Crippen LogP contribution is 2.36. The minimum absolute atomic E-state index is 0.00750. The zero-order chi connectivity index (χ0) is 22.0. The molecule has 10 heteroatoms. The molecular weight excluding hydrogens is 402 g/mol. The van der Waals surface area contributed by atoms with Gasteiger partial charge in [-0.25, -0.2) is 4.79 Å². The topological polar surface area (TPSA) is 123 Å². The summed E-state index contributed by atoms with van der Waals surface area (Å²) in [5, 5.41) is 13.7. The van der Waals surface area contributed by atoms with Crippen LogP contribution in [0.2, 0.25) is 0 Å². The number of nitrogens with one attached hydrogen (secondary N) is 2. The fraction of sp³-hybridized carbons (Fsp3) is 0.619. The number of H-pyrrole nitrogens is 1. The third kappa shape index (κ3) is 5.07. The van der Waals surface area contributed by atoms with Crippen LogP contribution in [-0.2, 0) is 20.7 Å². The number of aromatic amines is 1. The van der Waals surface area contributed by atoms with Crippen LogP contribution in [0.15, 0.2) is 16.7 Å². The Balaban J connectivity index is 1.28. The van der Waals surface area contributed by atoms with Crippen LogP contribution < -0.4 is 5.32 Å². The fourth-order valence-corrected chi connectivity index (χ4v) is 4.35. The number of hydrogen-bond donors (Lipinski definition) is 2. The maximum atomic E-state index is 12.7. The molecule has 0 spiro atoms. The predicted octanol–water partition coefficient (Wildman–Crippen LogP) is 2.77. The molecule has 0 bridgehead atoms. The first-order valence-electron chi connectivity index (χ1n) is 10.7. The lowest BCUT2D eigenvalue weighted by molar-refractivity contribution is -0.115. The molecule has 1 aliphatic carbocycles. The van der Waals surface area contributed by atoms with Gasteiger partial charge >= 0.3 is 6.09 Å². The molecule has 168 valence electrons. The van der Waals surface area contributed by atoms with Crippen molar-refractivity contribution in [3.8, 4) is 0 Å². The van der Waals surface area contributed by atoms with Crippen molar-refractivity contribution in [1.29, 1.82) is 0 Å². The van der Waals surface area contributed by atoms with Crippen LogP contribution in [-0.4, -0.2) is 63.7 Å². The Kier molecular flexibility index (Phi) is 6.26. The maximum Gasteiger partial charge on any atom is 0.410 e. The monoisotopic (exact) mass is 431 g/mol. The second-order valence-corrected chi connectivity index (χ2v) is 8.53. The van der Waals surface area contributed by atoms with Crippen LogP contribution in [0.4, 0.5) is 10.6 Å². The van der Waals surface area contributed by atoms with Crippen molar-refractivity contribution in [2.75, 3.05) is 18.5 Å². The van der Waals surface area contributed by atoms with Gasteiger partial charge in [-0.1, -0.05) is 5.16 Å². The average molecular weight is 431 g/mol. The van der Waals surface area contributed by atoms with Gasteiger partial charge < -0.3 is 19.3 Å². The molecule has 4 atom stereocenters. The summed E-state index contributed by atoms with van der Waals surface area (Å²) in [6.07, 6.45) is 2.12. The minimum Gasteiger partial charge on any atom is -0.446 e. The lowest BCUT2D eigenvalue weighted by Crippen LogP contribution is -2.53. The molecule has 2 amide bonds. The Labute approximate surface area is 180 Å². The SMILES string of the molecule is Cc1cc(CC(=O)Nc2cc([C@H]3CC[C@@H](OC(=O)N4[C@@H](C)COC[C@@H]4C)C3)[nH]n2)on1. The molecule has 2 N–H and O–H groups in total. The third-order valence-electron chi connectivity index (χ3n) is 5.85. The van der Waals surface area contributed by atoms with Gasteiger partial charge in [-0.3, -0.25) is 14.8 Å².